The van der Waals surface area contributed by atoms with Gasteiger partial charge in [0.15, 0.2) is 0 Å². The van der Waals surface area contributed by atoms with Crippen LogP contribution in [0.3, 0.4) is 0 Å². The smallest absolute Gasteiger partial charge is 0.239 e. The SMILES string of the molecule is CN(C(=O)[C@@H]1C[C@H](O)CN1)C1CCN(Cc2ccccc2)CC1. The lowest BCUT2D eigenvalue weighted by Gasteiger charge is -2.37. The van der Waals surface area contributed by atoms with Crippen LogP contribution >= 0.6 is 0 Å². The van der Waals surface area contributed by atoms with Crippen molar-refractivity contribution in [2.24, 2.45) is 0 Å². The maximum atomic E-state index is 12.5. The molecule has 1 aromatic carbocycles. The molecule has 2 aliphatic heterocycles. The Morgan fingerprint density at radius 1 is 1.30 bits per heavy atom. The number of nitrogens with zero attached hydrogens (tertiary/aromatic N) is 2. The number of amides is 1. The molecule has 0 spiro atoms. The van der Waals surface area contributed by atoms with Gasteiger partial charge in [-0.25, -0.2) is 0 Å². The van der Waals surface area contributed by atoms with Gasteiger partial charge >= 0.3 is 0 Å². The van der Waals surface area contributed by atoms with Crippen molar-refractivity contribution in [3.63, 3.8) is 0 Å². The van der Waals surface area contributed by atoms with Crippen LogP contribution in [0.1, 0.15) is 24.8 Å². The minimum absolute atomic E-state index is 0.128. The van der Waals surface area contributed by atoms with Crippen LogP contribution in [-0.2, 0) is 11.3 Å². The Labute approximate surface area is 138 Å². The number of hydrogen-bond donors (Lipinski definition) is 2. The molecule has 2 heterocycles. The normalized spacial score (nSPS) is 26.3. The predicted molar refractivity (Wildman–Crippen MR) is 89.9 cm³/mol. The second-order valence-electron chi connectivity index (χ2n) is 6.79. The van der Waals surface area contributed by atoms with Crippen molar-refractivity contribution in [1.82, 2.24) is 15.1 Å². The van der Waals surface area contributed by atoms with Crippen molar-refractivity contribution in [2.75, 3.05) is 26.7 Å². The molecule has 0 aromatic heterocycles. The summed E-state index contributed by atoms with van der Waals surface area (Å²) in [6.45, 7) is 3.57. The maximum absolute atomic E-state index is 12.5. The summed E-state index contributed by atoms with van der Waals surface area (Å²) in [5.41, 5.74) is 1.35. The minimum Gasteiger partial charge on any atom is -0.392 e. The Morgan fingerprint density at radius 3 is 2.61 bits per heavy atom. The zero-order valence-electron chi connectivity index (χ0n) is 13.8. The largest absolute Gasteiger partial charge is 0.392 e. The molecule has 2 fully saturated rings. The van der Waals surface area contributed by atoms with Crippen molar-refractivity contribution in [3.05, 3.63) is 35.9 Å². The first-order valence-electron chi connectivity index (χ1n) is 8.58. The molecule has 0 bridgehead atoms. The summed E-state index contributed by atoms with van der Waals surface area (Å²) >= 11 is 0. The van der Waals surface area contributed by atoms with E-state index in [1.165, 1.54) is 5.56 Å². The summed E-state index contributed by atoms with van der Waals surface area (Å²) in [7, 11) is 1.91. The molecule has 23 heavy (non-hydrogen) atoms. The molecular formula is C18H27N3O2. The zero-order chi connectivity index (χ0) is 16.2. The van der Waals surface area contributed by atoms with E-state index in [0.717, 1.165) is 32.5 Å². The van der Waals surface area contributed by atoms with E-state index in [0.29, 0.717) is 19.0 Å². The van der Waals surface area contributed by atoms with Gasteiger partial charge < -0.3 is 15.3 Å². The van der Waals surface area contributed by atoms with E-state index < -0.39 is 0 Å². The van der Waals surface area contributed by atoms with Gasteiger partial charge in [-0.05, 0) is 24.8 Å². The second-order valence-corrected chi connectivity index (χ2v) is 6.79. The first kappa shape index (κ1) is 16.4. The molecule has 2 aliphatic rings. The van der Waals surface area contributed by atoms with Crippen molar-refractivity contribution in [3.8, 4) is 0 Å². The van der Waals surface area contributed by atoms with Crippen LogP contribution < -0.4 is 5.32 Å². The quantitative estimate of drug-likeness (QED) is 0.864. The monoisotopic (exact) mass is 317 g/mol. The number of piperidine rings is 1. The Morgan fingerprint density at radius 2 is 2.00 bits per heavy atom. The van der Waals surface area contributed by atoms with Gasteiger partial charge in [0.05, 0.1) is 12.1 Å². The van der Waals surface area contributed by atoms with E-state index in [4.69, 9.17) is 0 Å². The third-order valence-electron chi connectivity index (χ3n) is 5.11. The molecule has 2 atom stereocenters. The highest BCUT2D eigenvalue weighted by molar-refractivity contribution is 5.82. The molecule has 0 radical (unpaired) electrons. The topological polar surface area (TPSA) is 55.8 Å². The number of likely N-dealkylation sites (N-methyl/N-ethyl adjacent to an activating group) is 1. The van der Waals surface area contributed by atoms with Gasteiger partial charge in [0.2, 0.25) is 5.91 Å². The zero-order valence-corrected chi connectivity index (χ0v) is 13.8. The average molecular weight is 317 g/mol. The molecule has 0 aliphatic carbocycles. The van der Waals surface area contributed by atoms with Crippen LogP contribution in [0.5, 0.6) is 0 Å². The lowest BCUT2D eigenvalue weighted by molar-refractivity contribution is -0.134. The third-order valence-corrected chi connectivity index (χ3v) is 5.11. The first-order valence-corrected chi connectivity index (χ1v) is 8.58. The molecular weight excluding hydrogens is 290 g/mol. The van der Waals surface area contributed by atoms with Crippen LogP contribution in [0, 0.1) is 0 Å². The number of likely N-dealkylation sites (tertiary alicyclic amines) is 1. The standard InChI is InChI=1S/C18H27N3O2/c1-20(18(23)17-11-16(22)12-19-17)15-7-9-21(10-8-15)13-14-5-3-2-4-6-14/h2-6,15-17,19,22H,7-13H2,1H3/t16-,17-/m0/s1. The number of rotatable bonds is 4. The first-order chi connectivity index (χ1) is 11.1. The third kappa shape index (κ3) is 4.10. The number of benzene rings is 1. The molecule has 126 valence electrons. The molecule has 0 saturated carbocycles. The number of aliphatic hydroxyl groups excluding tert-OH is 1. The fourth-order valence-corrected chi connectivity index (χ4v) is 3.64. The molecule has 2 saturated heterocycles. The summed E-state index contributed by atoms with van der Waals surface area (Å²) in [5, 5.41) is 12.7. The lowest BCUT2D eigenvalue weighted by atomic mass is 10.0. The highest BCUT2D eigenvalue weighted by atomic mass is 16.3. The summed E-state index contributed by atoms with van der Waals surface area (Å²) in [4.78, 5) is 16.9. The molecule has 5 heteroatoms. The van der Waals surface area contributed by atoms with E-state index in [1.54, 1.807) is 0 Å². The number of carbonyl (C=O) groups is 1. The van der Waals surface area contributed by atoms with Gasteiger partial charge in [-0.15, -0.1) is 0 Å². The predicted octanol–water partition coefficient (Wildman–Crippen LogP) is 0.832. The van der Waals surface area contributed by atoms with Crippen LogP contribution in [0.2, 0.25) is 0 Å². The molecule has 1 aromatic rings. The van der Waals surface area contributed by atoms with E-state index in [9.17, 15) is 9.90 Å². The van der Waals surface area contributed by atoms with Crippen LogP contribution in [0.25, 0.3) is 0 Å². The van der Waals surface area contributed by atoms with Crippen LogP contribution in [0.15, 0.2) is 30.3 Å². The fourth-order valence-electron chi connectivity index (χ4n) is 3.64. The van der Waals surface area contributed by atoms with Gasteiger partial charge in [-0.1, -0.05) is 30.3 Å². The van der Waals surface area contributed by atoms with Gasteiger partial charge in [0, 0.05) is 39.3 Å². The fraction of sp³-hybridized carbons (Fsp3) is 0.611. The van der Waals surface area contributed by atoms with Crippen molar-refractivity contribution in [2.45, 2.75) is 44.0 Å². The van der Waals surface area contributed by atoms with Gasteiger partial charge in [0.1, 0.15) is 0 Å². The Kier molecular flexibility index (Phi) is 5.30. The van der Waals surface area contributed by atoms with Crippen LogP contribution in [-0.4, -0.2) is 65.7 Å². The molecule has 2 N–H and O–H groups in total. The molecule has 3 rings (SSSR count). The number of nitrogens with one attached hydrogen (secondary N) is 1. The summed E-state index contributed by atoms with van der Waals surface area (Å²) in [6, 6.07) is 10.6. The van der Waals surface area contributed by atoms with Crippen molar-refractivity contribution >= 4 is 5.91 Å². The number of aliphatic hydroxyl groups is 1. The van der Waals surface area contributed by atoms with E-state index in [2.05, 4.69) is 34.5 Å². The Hall–Kier alpha value is -1.43. The maximum Gasteiger partial charge on any atom is 0.239 e. The molecule has 1 amide bonds. The van der Waals surface area contributed by atoms with E-state index in [1.807, 2.05) is 18.0 Å². The van der Waals surface area contributed by atoms with Gasteiger partial charge in [-0.2, -0.15) is 0 Å². The van der Waals surface area contributed by atoms with Crippen molar-refractivity contribution < 1.29 is 9.90 Å². The lowest BCUT2D eigenvalue weighted by Crippen LogP contribution is -2.50. The highest BCUT2D eigenvalue weighted by Crippen LogP contribution is 2.19. The van der Waals surface area contributed by atoms with E-state index in [-0.39, 0.29) is 18.1 Å². The van der Waals surface area contributed by atoms with Crippen LogP contribution in [0.4, 0.5) is 0 Å². The molecule has 0 unspecified atom stereocenters. The highest BCUT2D eigenvalue weighted by Gasteiger charge is 2.33. The summed E-state index contributed by atoms with van der Waals surface area (Å²) in [5.74, 6) is 0.128. The number of β-amino-alcohol motifs (C(OH)–C–C–N with tert-alkyl or cyclic N) is 1. The summed E-state index contributed by atoms with van der Waals surface area (Å²) < 4.78 is 0. The molecule has 5 nitrogen and oxygen atoms in total. The number of carbonyl (C=O) groups excluding carboxylic acids is 1. The average Bonchev–Trinajstić information content (AvgIpc) is 3.02. The summed E-state index contributed by atoms with van der Waals surface area (Å²) in [6.07, 6.45) is 2.19. The Bertz CT molecular complexity index is 514. The Balaban J connectivity index is 1.47. The minimum atomic E-state index is -0.384. The number of hydrogen-bond acceptors (Lipinski definition) is 4. The van der Waals surface area contributed by atoms with Gasteiger partial charge in [0.25, 0.3) is 0 Å². The van der Waals surface area contributed by atoms with Crippen molar-refractivity contribution in [1.29, 1.82) is 0 Å². The van der Waals surface area contributed by atoms with E-state index >= 15 is 0 Å². The second kappa shape index (κ2) is 7.43. The van der Waals surface area contributed by atoms with Gasteiger partial charge in [-0.3, -0.25) is 9.69 Å².